The maximum atomic E-state index is 13.4. The highest BCUT2D eigenvalue weighted by molar-refractivity contribution is 6.36. The molecule has 7 nitrogen and oxygen atoms in total. The van der Waals surface area contributed by atoms with Gasteiger partial charge in [0.1, 0.15) is 11.4 Å². The molecular formula is C25H29N3O4. The van der Waals surface area contributed by atoms with E-state index in [1.165, 1.54) is 4.90 Å². The third-order valence-corrected chi connectivity index (χ3v) is 5.91. The predicted octanol–water partition coefficient (Wildman–Crippen LogP) is 2.92. The maximum Gasteiger partial charge on any atom is 0.278 e. The fourth-order valence-corrected chi connectivity index (χ4v) is 4.05. The van der Waals surface area contributed by atoms with Crippen molar-refractivity contribution in [2.24, 2.45) is 0 Å². The Hall–Kier alpha value is -3.16. The quantitative estimate of drug-likeness (QED) is 0.643. The minimum atomic E-state index is -0.286. The van der Waals surface area contributed by atoms with Crippen LogP contribution in [0.4, 0.5) is 5.69 Å². The molecule has 4 rings (SSSR count). The summed E-state index contributed by atoms with van der Waals surface area (Å²) < 4.78 is 10.6. The van der Waals surface area contributed by atoms with Crippen LogP contribution in [0, 0.1) is 6.92 Å². The Morgan fingerprint density at radius 1 is 0.969 bits per heavy atom. The van der Waals surface area contributed by atoms with Gasteiger partial charge in [-0.1, -0.05) is 30.3 Å². The zero-order valence-electron chi connectivity index (χ0n) is 18.6. The van der Waals surface area contributed by atoms with E-state index in [1.54, 1.807) is 19.2 Å². The molecule has 2 aromatic rings. The zero-order chi connectivity index (χ0) is 22.5. The number of carbonyl (C=O) groups is 2. The Labute approximate surface area is 188 Å². The number of benzene rings is 2. The van der Waals surface area contributed by atoms with Gasteiger partial charge in [0.05, 0.1) is 25.9 Å². The molecule has 2 heterocycles. The molecule has 1 N–H and O–H groups in total. The van der Waals surface area contributed by atoms with Gasteiger partial charge in [-0.05, 0) is 42.7 Å². The smallest absolute Gasteiger partial charge is 0.278 e. The third-order valence-electron chi connectivity index (χ3n) is 5.91. The number of nitrogens with zero attached hydrogens (tertiary/aromatic N) is 2. The molecule has 2 aromatic carbocycles. The second-order valence-corrected chi connectivity index (χ2v) is 7.99. The number of ether oxygens (including phenoxy) is 2. The first-order valence-electron chi connectivity index (χ1n) is 11.0. The molecule has 0 radical (unpaired) electrons. The van der Waals surface area contributed by atoms with E-state index in [0.29, 0.717) is 29.1 Å². The number of amides is 2. The fraction of sp³-hybridized carbons (Fsp3) is 0.360. The van der Waals surface area contributed by atoms with Crippen LogP contribution in [0.1, 0.15) is 17.5 Å². The lowest BCUT2D eigenvalue weighted by atomic mass is 10.0. The fourth-order valence-electron chi connectivity index (χ4n) is 4.05. The van der Waals surface area contributed by atoms with Crippen LogP contribution in [0.5, 0.6) is 5.75 Å². The van der Waals surface area contributed by atoms with Gasteiger partial charge in [0.15, 0.2) is 0 Å². The summed E-state index contributed by atoms with van der Waals surface area (Å²) in [6, 6.07) is 15.0. The monoisotopic (exact) mass is 435 g/mol. The number of para-hydroxylation sites is 1. The molecule has 32 heavy (non-hydrogen) atoms. The number of carbonyl (C=O) groups excluding carboxylic acids is 2. The number of morpholine rings is 1. The van der Waals surface area contributed by atoms with Crippen LogP contribution in [0.15, 0.2) is 54.2 Å². The van der Waals surface area contributed by atoms with Gasteiger partial charge in [-0.25, -0.2) is 0 Å². The van der Waals surface area contributed by atoms with Crippen molar-refractivity contribution >= 4 is 23.1 Å². The highest BCUT2D eigenvalue weighted by Crippen LogP contribution is 2.32. The Kier molecular flexibility index (Phi) is 6.87. The molecule has 1 saturated heterocycles. The van der Waals surface area contributed by atoms with E-state index < -0.39 is 0 Å². The third kappa shape index (κ3) is 4.69. The van der Waals surface area contributed by atoms with Crippen LogP contribution in [-0.4, -0.2) is 68.1 Å². The first-order valence-corrected chi connectivity index (χ1v) is 11.0. The zero-order valence-corrected chi connectivity index (χ0v) is 18.6. The van der Waals surface area contributed by atoms with Crippen molar-refractivity contribution < 1.29 is 19.1 Å². The van der Waals surface area contributed by atoms with Gasteiger partial charge < -0.3 is 14.8 Å². The molecule has 0 aromatic heterocycles. The average Bonchev–Trinajstić information content (AvgIpc) is 3.05. The standard InChI is InChI=1S/C25H29N3O4/c1-18-6-3-4-7-21(18)26-23-22(19-8-10-20(31-2)11-9-19)24(29)28(25(23)30)13-5-12-27-14-16-32-17-15-27/h3-4,6-11,26H,5,12-17H2,1-2H3. The lowest BCUT2D eigenvalue weighted by Gasteiger charge is -2.27. The summed E-state index contributed by atoms with van der Waals surface area (Å²) in [7, 11) is 1.60. The second kappa shape index (κ2) is 9.97. The van der Waals surface area contributed by atoms with Crippen LogP contribution in [-0.2, 0) is 14.3 Å². The van der Waals surface area contributed by atoms with Crippen molar-refractivity contribution in [1.29, 1.82) is 0 Å². The molecule has 1 fully saturated rings. The average molecular weight is 436 g/mol. The summed E-state index contributed by atoms with van der Waals surface area (Å²) in [6.07, 6.45) is 0.727. The van der Waals surface area contributed by atoms with Gasteiger partial charge in [-0.3, -0.25) is 19.4 Å². The number of nitrogens with one attached hydrogen (secondary N) is 1. The topological polar surface area (TPSA) is 71.1 Å². The number of anilines is 1. The van der Waals surface area contributed by atoms with Crippen LogP contribution >= 0.6 is 0 Å². The van der Waals surface area contributed by atoms with Gasteiger partial charge in [-0.15, -0.1) is 0 Å². The molecule has 2 aliphatic heterocycles. The summed E-state index contributed by atoms with van der Waals surface area (Å²) in [5.74, 6) is 0.145. The van der Waals surface area contributed by atoms with E-state index >= 15 is 0 Å². The number of hydrogen-bond donors (Lipinski definition) is 1. The van der Waals surface area contributed by atoms with Crippen LogP contribution in [0.2, 0.25) is 0 Å². The van der Waals surface area contributed by atoms with Crippen LogP contribution in [0.25, 0.3) is 5.57 Å². The summed E-state index contributed by atoms with van der Waals surface area (Å²) in [5.41, 5.74) is 3.22. The molecule has 168 valence electrons. The van der Waals surface area contributed by atoms with Crippen molar-refractivity contribution in [1.82, 2.24) is 9.80 Å². The molecule has 0 atom stereocenters. The normalized spacial score (nSPS) is 17.2. The van der Waals surface area contributed by atoms with E-state index in [1.807, 2.05) is 43.3 Å². The minimum absolute atomic E-state index is 0.266. The van der Waals surface area contributed by atoms with Crippen molar-refractivity contribution in [2.45, 2.75) is 13.3 Å². The summed E-state index contributed by atoms with van der Waals surface area (Å²) >= 11 is 0. The summed E-state index contributed by atoms with van der Waals surface area (Å²) in [5, 5.41) is 3.25. The number of imide groups is 1. The maximum absolute atomic E-state index is 13.4. The highest BCUT2D eigenvalue weighted by Gasteiger charge is 2.39. The van der Waals surface area contributed by atoms with Crippen molar-refractivity contribution in [3.05, 3.63) is 65.4 Å². The summed E-state index contributed by atoms with van der Waals surface area (Å²) in [6.45, 7) is 6.42. The second-order valence-electron chi connectivity index (χ2n) is 7.99. The number of aryl methyl sites for hydroxylation is 1. The number of methoxy groups -OCH3 is 1. The predicted molar refractivity (Wildman–Crippen MR) is 123 cm³/mol. The van der Waals surface area contributed by atoms with Crippen LogP contribution < -0.4 is 10.1 Å². The first kappa shape index (κ1) is 22.0. The highest BCUT2D eigenvalue weighted by atomic mass is 16.5. The van der Waals surface area contributed by atoms with Crippen molar-refractivity contribution in [3.63, 3.8) is 0 Å². The van der Waals surface area contributed by atoms with Gasteiger partial charge in [0.2, 0.25) is 0 Å². The molecule has 0 spiro atoms. The van der Waals surface area contributed by atoms with E-state index in [4.69, 9.17) is 9.47 Å². The molecule has 2 aliphatic rings. The van der Waals surface area contributed by atoms with Gasteiger partial charge in [0, 0.05) is 31.9 Å². The van der Waals surface area contributed by atoms with E-state index in [9.17, 15) is 9.59 Å². The molecule has 0 saturated carbocycles. The van der Waals surface area contributed by atoms with Crippen LogP contribution in [0.3, 0.4) is 0 Å². The Balaban J connectivity index is 1.58. The first-order chi connectivity index (χ1) is 15.6. The molecule has 0 bridgehead atoms. The lowest BCUT2D eigenvalue weighted by molar-refractivity contribution is -0.136. The van der Waals surface area contributed by atoms with Gasteiger partial charge in [-0.2, -0.15) is 0 Å². The molecule has 0 aliphatic carbocycles. The van der Waals surface area contributed by atoms with Gasteiger partial charge >= 0.3 is 0 Å². The number of hydrogen-bond acceptors (Lipinski definition) is 6. The number of rotatable bonds is 8. The molecule has 2 amide bonds. The summed E-state index contributed by atoms with van der Waals surface area (Å²) in [4.78, 5) is 30.4. The molecule has 7 heteroatoms. The van der Waals surface area contributed by atoms with E-state index in [-0.39, 0.29) is 11.8 Å². The van der Waals surface area contributed by atoms with E-state index in [0.717, 1.165) is 50.5 Å². The SMILES string of the molecule is COc1ccc(C2=C(Nc3ccccc3C)C(=O)N(CCCN3CCOCC3)C2=O)cc1. The van der Waals surface area contributed by atoms with E-state index in [2.05, 4.69) is 10.2 Å². The molecular weight excluding hydrogens is 406 g/mol. The van der Waals surface area contributed by atoms with Gasteiger partial charge in [0.25, 0.3) is 11.8 Å². The lowest BCUT2D eigenvalue weighted by Crippen LogP contribution is -2.39. The van der Waals surface area contributed by atoms with Crippen molar-refractivity contribution in [2.75, 3.05) is 51.8 Å². The Bertz CT molecular complexity index is 1010. The molecule has 0 unspecified atom stereocenters. The minimum Gasteiger partial charge on any atom is -0.497 e. The Morgan fingerprint density at radius 3 is 2.38 bits per heavy atom. The van der Waals surface area contributed by atoms with Crippen molar-refractivity contribution in [3.8, 4) is 5.75 Å². The Morgan fingerprint density at radius 2 is 1.69 bits per heavy atom. The largest absolute Gasteiger partial charge is 0.497 e.